The maximum absolute atomic E-state index is 12.1. The molecule has 0 saturated heterocycles. The zero-order valence-electron chi connectivity index (χ0n) is 13.0. The minimum absolute atomic E-state index is 0.248. The molecule has 0 aromatic carbocycles. The topological polar surface area (TPSA) is 63.0 Å². The van der Waals surface area contributed by atoms with Gasteiger partial charge in [-0.05, 0) is 26.8 Å². The Labute approximate surface area is 120 Å². The summed E-state index contributed by atoms with van der Waals surface area (Å²) in [5, 5.41) is 8.78. The van der Waals surface area contributed by atoms with E-state index in [0.29, 0.717) is 5.69 Å². The number of carbonyl (C=O) groups is 1. The van der Waals surface area contributed by atoms with Gasteiger partial charge in [0.15, 0.2) is 0 Å². The van der Waals surface area contributed by atoms with Crippen molar-refractivity contribution in [1.29, 1.82) is 5.26 Å². The van der Waals surface area contributed by atoms with Crippen LogP contribution in [0.3, 0.4) is 0 Å². The number of carbonyl (C=O) groups excluding carboxylic acids is 1. The number of nitriles is 1. The Hall–Kier alpha value is -1.89. The molecule has 1 unspecified atom stereocenters. The van der Waals surface area contributed by atoms with Gasteiger partial charge in [-0.25, -0.2) is 4.98 Å². The van der Waals surface area contributed by atoms with Crippen LogP contribution in [0.25, 0.3) is 0 Å². The third-order valence-corrected chi connectivity index (χ3v) is 2.83. The van der Waals surface area contributed by atoms with Gasteiger partial charge < -0.3 is 4.74 Å². The number of hydrogen-bond donors (Lipinski definition) is 0. The summed E-state index contributed by atoms with van der Waals surface area (Å²) in [4.78, 5) is 16.2. The number of nitrogens with zero attached hydrogens (tertiary/aromatic N) is 2. The van der Waals surface area contributed by atoms with Gasteiger partial charge in [0, 0.05) is 17.2 Å². The SMILES string of the molecule is CC(C)(C)C(=O)OC(c1ccc(C#N)nc1)C(C)(C)C. The van der Waals surface area contributed by atoms with Gasteiger partial charge in [0.05, 0.1) is 5.41 Å². The summed E-state index contributed by atoms with van der Waals surface area (Å²) in [5.41, 5.74) is 0.345. The van der Waals surface area contributed by atoms with Crippen LogP contribution in [0, 0.1) is 22.2 Å². The van der Waals surface area contributed by atoms with Gasteiger partial charge in [-0.3, -0.25) is 4.79 Å². The van der Waals surface area contributed by atoms with E-state index in [1.54, 1.807) is 18.3 Å². The van der Waals surface area contributed by atoms with Gasteiger partial charge in [0.25, 0.3) is 0 Å². The van der Waals surface area contributed by atoms with Crippen molar-refractivity contribution in [3.8, 4) is 6.07 Å². The maximum Gasteiger partial charge on any atom is 0.311 e. The molecule has 20 heavy (non-hydrogen) atoms. The highest BCUT2D eigenvalue weighted by atomic mass is 16.5. The molecule has 1 aromatic heterocycles. The lowest BCUT2D eigenvalue weighted by Crippen LogP contribution is -2.30. The van der Waals surface area contributed by atoms with Crippen molar-refractivity contribution in [3.63, 3.8) is 0 Å². The van der Waals surface area contributed by atoms with Crippen LogP contribution in [0.5, 0.6) is 0 Å². The minimum atomic E-state index is -0.552. The lowest BCUT2D eigenvalue weighted by molar-refractivity contribution is -0.165. The molecule has 108 valence electrons. The molecular weight excluding hydrogens is 252 g/mol. The fourth-order valence-corrected chi connectivity index (χ4v) is 1.66. The fraction of sp³-hybridized carbons (Fsp3) is 0.562. The fourth-order valence-electron chi connectivity index (χ4n) is 1.66. The molecule has 1 atom stereocenters. The highest BCUT2D eigenvalue weighted by Crippen LogP contribution is 2.37. The second kappa shape index (κ2) is 5.62. The number of hydrogen-bond acceptors (Lipinski definition) is 4. The molecule has 1 rings (SSSR count). The summed E-state index contributed by atoms with van der Waals surface area (Å²) < 4.78 is 5.68. The van der Waals surface area contributed by atoms with E-state index in [1.165, 1.54) is 0 Å². The molecule has 0 spiro atoms. The number of pyridine rings is 1. The van der Waals surface area contributed by atoms with Gasteiger partial charge in [0.2, 0.25) is 0 Å². The molecule has 0 aliphatic heterocycles. The number of rotatable bonds is 2. The van der Waals surface area contributed by atoms with E-state index in [-0.39, 0.29) is 11.4 Å². The molecule has 0 amide bonds. The van der Waals surface area contributed by atoms with Gasteiger partial charge in [0.1, 0.15) is 17.9 Å². The van der Waals surface area contributed by atoms with Crippen molar-refractivity contribution in [2.45, 2.75) is 47.6 Å². The molecule has 1 heterocycles. The molecule has 4 heteroatoms. The van der Waals surface area contributed by atoms with Gasteiger partial charge in [-0.15, -0.1) is 0 Å². The standard InChI is InChI=1S/C16H22N2O2/c1-15(2,3)13(20-14(19)16(4,5)6)11-7-8-12(9-17)18-10-11/h7-8,10,13H,1-6H3. The third-order valence-electron chi connectivity index (χ3n) is 2.83. The molecule has 1 aromatic rings. The molecule has 0 aliphatic rings. The molecule has 0 radical (unpaired) electrons. The Bertz CT molecular complexity index is 513. The highest BCUT2D eigenvalue weighted by molar-refractivity contribution is 5.75. The molecular formula is C16H22N2O2. The molecule has 4 nitrogen and oxygen atoms in total. The Morgan fingerprint density at radius 1 is 1.25 bits per heavy atom. The number of aromatic nitrogens is 1. The van der Waals surface area contributed by atoms with Crippen molar-refractivity contribution in [2.24, 2.45) is 10.8 Å². The first-order chi connectivity index (χ1) is 9.05. The van der Waals surface area contributed by atoms with Gasteiger partial charge >= 0.3 is 5.97 Å². The highest BCUT2D eigenvalue weighted by Gasteiger charge is 2.34. The van der Waals surface area contributed by atoms with Crippen LogP contribution in [0.2, 0.25) is 0 Å². The average molecular weight is 274 g/mol. The number of esters is 1. The van der Waals surface area contributed by atoms with Crippen molar-refractivity contribution >= 4 is 5.97 Å². The normalized spacial score (nSPS) is 13.4. The van der Waals surface area contributed by atoms with Crippen molar-refractivity contribution in [1.82, 2.24) is 4.98 Å². The van der Waals surface area contributed by atoms with E-state index in [4.69, 9.17) is 10.00 Å². The third kappa shape index (κ3) is 4.06. The molecule has 0 saturated carbocycles. The number of ether oxygens (including phenoxy) is 1. The van der Waals surface area contributed by atoms with E-state index in [2.05, 4.69) is 4.98 Å². The predicted molar refractivity (Wildman–Crippen MR) is 76.7 cm³/mol. The summed E-state index contributed by atoms with van der Waals surface area (Å²) in [6.07, 6.45) is 1.21. The van der Waals surface area contributed by atoms with Crippen LogP contribution in [0.15, 0.2) is 18.3 Å². The van der Waals surface area contributed by atoms with Crippen LogP contribution >= 0.6 is 0 Å². The zero-order chi connectivity index (χ0) is 15.6. The quantitative estimate of drug-likeness (QED) is 0.772. The summed E-state index contributed by atoms with van der Waals surface area (Å²) in [7, 11) is 0. The molecule has 0 fully saturated rings. The summed E-state index contributed by atoms with van der Waals surface area (Å²) >= 11 is 0. The molecule has 0 N–H and O–H groups in total. The van der Waals surface area contributed by atoms with Gasteiger partial charge in [-0.1, -0.05) is 26.8 Å². The van der Waals surface area contributed by atoms with E-state index in [1.807, 2.05) is 47.6 Å². The summed E-state index contributed by atoms with van der Waals surface area (Å²) in [6, 6.07) is 5.41. The lowest BCUT2D eigenvalue weighted by Gasteiger charge is -2.32. The van der Waals surface area contributed by atoms with Crippen molar-refractivity contribution in [3.05, 3.63) is 29.6 Å². The van der Waals surface area contributed by atoms with E-state index in [0.717, 1.165) is 5.56 Å². The Morgan fingerprint density at radius 2 is 1.85 bits per heavy atom. The summed E-state index contributed by atoms with van der Waals surface area (Å²) in [6.45, 7) is 11.5. The lowest BCUT2D eigenvalue weighted by atomic mass is 9.84. The van der Waals surface area contributed by atoms with E-state index >= 15 is 0 Å². The zero-order valence-corrected chi connectivity index (χ0v) is 13.0. The van der Waals surface area contributed by atoms with E-state index < -0.39 is 11.5 Å². The smallest absolute Gasteiger partial charge is 0.311 e. The summed E-state index contributed by atoms with van der Waals surface area (Å²) in [5.74, 6) is -0.248. The Morgan fingerprint density at radius 3 is 2.20 bits per heavy atom. The van der Waals surface area contributed by atoms with Crippen LogP contribution in [-0.4, -0.2) is 11.0 Å². The predicted octanol–water partition coefficient (Wildman–Crippen LogP) is 3.63. The van der Waals surface area contributed by atoms with Crippen molar-refractivity contribution < 1.29 is 9.53 Å². The second-order valence-corrected chi connectivity index (χ2v) is 6.99. The largest absolute Gasteiger partial charge is 0.456 e. The van der Waals surface area contributed by atoms with Crippen molar-refractivity contribution in [2.75, 3.05) is 0 Å². The van der Waals surface area contributed by atoms with Crippen LogP contribution < -0.4 is 0 Å². The first kappa shape index (κ1) is 16.2. The Kier molecular flexibility index (Phi) is 4.54. The van der Waals surface area contributed by atoms with Crippen LogP contribution in [0.1, 0.15) is 58.9 Å². The second-order valence-electron chi connectivity index (χ2n) is 6.99. The maximum atomic E-state index is 12.1. The first-order valence-electron chi connectivity index (χ1n) is 6.63. The minimum Gasteiger partial charge on any atom is -0.456 e. The molecule has 0 bridgehead atoms. The average Bonchev–Trinajstić information content (AvgIpc) is 2.33. The van der Waals surface area contributed by atoms with Crippen LogP contribution in [-0.2, 0) is 9.53 Å². The van der Waals surface area contributed by atoms with Gasteiger partial charge in [-0.2, -0.15) is 5.26 Å². The van der Waals surface area contributed by atoms with Crippen LogP contribution in [0.4, 0.5) is 0 Å². The Balaban J connectivity index is 3.08. The molecule has 0 aliphatic carbocycles. The first-order valence-corrected chi connectivity index (χ1v) is 6.63. The van der Waals surface area contributed by atoms with E-state index in [9.17, 15) is 4.79 Å². The monoisotopic (exact) mass is 274 g/mol.